The first-order valence-corrected chi connectivity index (χ1v) is 6.54. The Labute approximate surface area is 116 Å². The molecule has 2 aromatic rings. The molecule has 104 valence electrons. The molecule has 20 heavy (non-hydrogen) atoms. The molecule has 3 rings (SSSR count). The van der Waals surface area contributed by atoms with Gasteiger partial charge in [0.1, 0.15) is 5.58 Å². The highest BCUT2D eigenvalue weighted by molar-refractivity contribution is 5.96. The van der Waals surface area contributed by atoms with Gasteiger partial charge in [0, 0.05) is 18.5 Å². The second-order valence-electron chi connectivity index (χ2n) is 4.91. The van der Waals surface area contributed by atoms with Gasteiger partial charge in [-0.25, -0.2) is 0 Å². The molecule has 1 aromatic carbocycles. The third kappa shape index (κ3) is 2.15. The number of likely N-dealkylation sites (tertiary alicyclic amines) is 1. The van der Waals surface area contributed by atoms with E-state index in [9.17, 15) is 9.59 Å². The minimum atomic E-state index is -0.259. The molecule has 0 spiro atoms. The van der Waals surface area contributed by atoms with Crippen molar-refractivity contribution in [2.75, 3.05) is 20.2 Å². The number of methoxy groups -OCH3 is 1. The van der Waals surface area contributed by atoms with Gasteiger partial charge >= 0.3 is 5.97 Å². The summed E-state index contributed by atoms with van der Waals surface area (Å²) in [7, 11) is 1.37. The summed E-state index contributed by atoms with van der Waals surface area (Å²) in [5.41, 5.74) is 0.694. The minimum absolute atomic E-state index is 0.174. The lowest BCUT2D eigenvalue weighted by Crippen LogP contribution is -2.29. The van der Waals surface area contributed by atoms with E-state index in [4.69, 9.17) is 9.15 Å². The number of ether oxygens (including phenoxy) is 1. The molecule has 5 heteroatoms. The zero-order valence-corrected chi connectivity index (χ0v) is 11.2. The Morgan fingerprint density at radius 1 is 1.35 bits per heavy atom. The molecule has 0 bridgehead atoms. The highest BCUT2D eigenvalue weighted by atomic mass is 16.5. The molecule has 1 aliphatic rings. The number of esters is 1. The standard InChI is InChI=1S/C15H15NO4/c1-19-15(18)11-6-7-16(9-11)14(17)13-8-10-4-2-3-5-12(10)20-13/h2-5,8,11H,6-7,9H2,1H3. The molecule has 1 atom stereocenters. The van der Waals surface area contributed by atoms with Gasteiger partial charge in [-0.15, -0.1) is 0 Å². The predicted molar refractivity (Wildman–Crippen MR) is 72.2 cm³/mol. The van der Waals surface area contributed by atoms with E-state index in [0.29, 0.717) is 30.9 Å². The van der Waals surface area contributed by atoms with Crippen molar-refractivity contribution >= 4 is 22.8 Å². The Balaban J connectivity index is 1.78. The summed E-state index contributed by atoms with van der Waals surface area (Å²) in [4.78, 5) is 25.5. The van der Waals surface area contributed by atoms with E-state index in [1.54, 1.807) is 11.0 Å². The Morgan fingerprint density at radius 3 is 2.90 bits per heavy atom. The number of carbonyl (C=O) groups is 2. The average molecular weight is 273 g/mol. The second kappa shape index (κ2) is 5.00. The van der Waals surface area contributed by atoms with Crippen molar-refractivity contribution in [1.29, 1.82) is 0 Å². The minimum Gasteiger partial charge on any atom is -0.469 e. The lowest BCUT2D eigenvalue weighted by molar-refractivity contribution is -0.144. The largest absolute Gasteiger partial charge is 0.469 e. The van der Waals surface area contributed by atoms with Gasteiger partial charge in [0.05, 0.1) is 13.0 Å². The second-order valence-corrected chi connectivity index (χ2v) is 4.91. The molecule has 1 aliphatic heterocycles. The van der Waals surface area contributed by atoms with E-state index in [0.717, 1.165) is 5.39 Å². The van der Waals surface area contributed by atoms with Crippen LogP contribution in [0.1, 0.15) is 17.0 Å². The van der Waals surface area contributed by atoms with Crippen LogP contribution in [0.5, 0.6) is 0 Å². The quantitative estimate of drug-likeness (QED) is 0.786. The van der Waals surface area contributed by atoms with Crippen molar-refractivity contribution < 1.29 is 18.7 Å². The maximum atomic E-state index is 12.4. The summed E-state index contributed by atoms with van der Waals surface area (Å²) in [6.07, 6.45) is 0.638. The Morgan fingerprint density at radius 2 is 2.15 bits per heavy atom. The van der Waals surface area contributed by atoms with Gasteiger partial charge < -0.3 is 14.1 Å². The van der Waals surface area contributed by atoms with Crippen molar-refractivity contribution in [3.63, 3.8) is 0 Å². The Kier molecular flexibility index (Phi) is 3.18. The van der Waals surface area contributed by atoms with Crippen molar-refractivity contribution in [3.05, 3.63) is 36.1 Å². The highest BCUT2D eigenvalue weighted by Gasteiger charge is 2.33. The number of hydrogen-bond donors (Lipinski definition) is 0. The van der Waals surface area contributed by atoms with E-state index < -0.39 is 0 Å². The van der Waals surface area contributed by atoms with Crippen LogP contribution in [-0.4, -0.2) is 37.0 Å². The van der Waals surface area contributed by atoms with E-state index in [2.05, 4.69) is 0 Å². The topological polar surface area (TPSA) is 59.8 Å². The highest BCUT2D eigenvalue weighted by Crippen LogP contribution is 2.23. The molecule has 5 nitrogen and oxygen atoms in total. The molecule has 1 fully saturated rings. The van der Waals surface area contributed by atoms with Gasteiger partial charge in [-0.05, 0) is 18.6 Å². The van der Waals surface area contributed by atoms with E-state index in [-0.39, 0.29) is 17.8 Å². The first-order chi connectivity index (χ1) is 9.69. The van der Waals surface area contributed by atoms with E-state index in [1.807, 2.05) is 24.3 Å². The third-order valence-electron chi connectivity index (χ3n) is 3.65. The number of rotatable bonds is 2. The summed E-state index contributed by atoms with van der Waals surface area (Å²) in [6.45, 7) is 0.943. The van der Waals surface area contributed by atoms with Crippen LogP contribution in [0.15, 0.2) is 34.7 Å². The summed E-state index contributed by atoms with van der Waals surface area (Å²) in [5.74, 6) is -0.345. The van der Waals surface area contributed by atoms with Crippen LogP contribution in [-0.2, 0) is 9.53 Å². The molecular formula is C15H15NO4. The molecule has 0 saturated carbocycles. The number of para-hydroxylation sites is 1. The van der Waals surface area contributed by atoms with E-state index in [1.165, 1.54) is 7.11 Å². The number of benzene rings is 1. The van der Waals surface area contributed by atoms with Crippen molar-refractivity contribution in [1.82, 2.24) is 4.90 Å². The van der Waals surface area contributed by atoms with Crippen molar-refractivity contribution in [2.45, 2.75) is 6.42 Å². The summed E-state index contributed by atoms with van der Waals surface area (Å²) in [5, 5.41) is 0.902. The van der Waals surface area contributed by atoms with Crippen LogP contribution in [0, 0.1) is 5.92 Å². The maximum absolute atomic E-state index is 12.4. The first kappa shape index (κ1) is 12.7. The fourth-order valence-electron chi connectivity index (χ4n) is 2.55. The molecule has 1 unspecified atom stereocenters. The smallest absolute Gasteiger partial charge is 0.310 e. The van der Waals surface area contributed by atoms with Crippen LogP contribution in [0.3, 0.4) is 0 Å². The SMILES string of the molecule is COC(=O)C1CCN(C(=O)c2cc3ccccc3o2)C1. The van der Waals surface area contributed by atoms with Gasteiger partial charge in [-0.3, -0.25) is 9.59 Å². The predicted octanol–water partition coefficient (Wildman–Crippen LogP) is 2.07. The molecule has 2 heterocycles. The van der Waals surface area contributed by atoms with Crippen molar-refractivity contribution in [3.8, 4) is 0 Å². The molecule has 0 aliphatic carbocycles. The van der Waals surface area contributed by atoms with Gasteiger partial charge in [0.25, 0.3) is 5.91 Å². The van der Waals surface area contributed by atoms with Crippen molar-refractivity contribution in [2.24, 2.45) is 5.92 Å². The number of hydrogen-bond acceptors (Lipinski definition) is 4. The fraction of sp³-hybridized carbons (Fsp3) is 0.333. The fourth-order valence-corrected chi connectivity index (χ4v) is 2.55. The monoisotopic (exact) mass is 273 g/mol. The Hall–Kier alpha value is -2.30. The lowest BCUT2D eigenvalue weighted by Gasteiger charge is -2.14. The van der Waals surface area contributed by atoms with Gasteiger partial charge in [-0.1, -0.05) is 18.2 Å². The normalized spacial score (nSPS) is 18.4. The van der Waals surface area contributed by atoms with Crippen LogP contribution in [0.4, 0.5) is 0 Å². The summed E-state index contributed by atoms with van der Waals surface area (Å²) in [6, 6.07) is 9.23. The van der Waals surface area contributed by atoms with Crippen LogP contribution in [0.25, 0.3) is 11.0 Å². The summed E-state index contributed by atoms with van der Waals surface area (Å²) < 4.78 is 10.3. The molecule has 0 N–H and O–H groups in total. The molecule has 0 radical (unpaired) electrons. The van der Waals surface area contributed by atoms with Crippen LogP contribution < -0.4 is 0 Å². The molecule has 1 saturated heterocycles. The molecular weight excluding hydrogens is 258 g/mol. The summed E-state index contributed by atoms with van der Waals surface area (Å²) >= 11 is 0. The lowest BCUT2D eigenvalue weighted by atomic mass is 10.1. The zero-order chi connectivity index (χ0) is 14.1. The number of nitrogens with zero attached hydrogens (tertiary/aromatic N) is 1. The molecule has 1 aromatic heterocycles. The van der Waals surface area contributed by atoms with Gasteiger partial charge in [0.15, 0.2) is 5.76 Å². The number of fused-ring (bicyclic) bond motifs is 1. The van der Waals surface area contributed by atoms with E-state index >= 15 is 0 Å². The molecule has 1 amide bonds. The van der Waals surface area contributed by atoms with Gasteiger partial charge in [-0.2, -0.15) is 0 Å². The third-order valence-corrected chi connectivity index (χ3v) is 3.65. The van der Waals surface area contributed by atoms with Crippen LogP contribution >= 0.6 is 0 Å². The Bertz CT molecular complexity index is 628. The van der Waals surface area contributed by atoms with Gasteiger partial charge in [0.2, 0.25) is 0 Å². The first-order valence-electron chi connectivity index (χ1n) is 6.54. The van der Waals surface area contributed by atoms with Crippen LogP contribution in [0.2, 0.25) is 0 Å². The number of amides is 1. The maximum Gasteiger partial charge on any atom is 0.310 e. The zero-order valence-electron chi connectivity index (χ0n) is 11.2. The number of furan rings is 1. The number of carbonyl (C=O) groups excluding carboxylic acids is 2. The average Bonchev–Trinajstić information content (AvgIpc) is 3.12.